The van der Waals surface area contributed by atoms with E-state index in [1.807, 2.05) is 6.92 Å². The van der Waals surface area contributed by atoms with Crippen LogP contribution in [0.1, 0.15) is 11.3 Å². The van der Waals surface area contributed by atoms with Gasteiger partial charge in [-0.2, -0.15) is 5.10 Å². The number of hydrogen-bond acceptors (Lipinski definition) is 4. The van der Waals surface area contributed by atoms with E-state index in [0.717, 1.165) is 11.3 Å². The first-order valence-electron chi connectivity index (χ1n) is 5.08. The molecule has 1 aromatic rings. The Morgan fingerprint density at radius 3 is 2.82 bits per heavy atom. The number of esters is 1. The average Bonchev–Trinajstić information content (AvgIpc) is 2.54. The van der Waals surface area contributed by atoms with Crippen molar-refractivity contribution in [3.8, 4) is 0 Å². The van der Waals surface area contributed by atoms with Gasteiger partial charge in [-0.25, -0.2) is 0 Å². The Labute approximate surface area is 114 Å². The fourth-order valence-electron chi connectivity index (χ4n) is 1.41. The molecule has 0 fully saturated rings. The highest BCUT2D eigenvalue weighted by Gasteiger charge is 2.16. The van der Waals surface area contributed by atoms with E-state index in [1.54, 1.807) is 11.7 Å². The van der Waals surface area contributed by atoms with Gasteiger partial charge < -0.3 is 10.1 Å². The van der Waals surface area contributed by atoms with E-state index >= 15 is 0 Å². The van der Waals surface area contributed by atoms with Crippen molar-refractivity contribution in [1.82, 2.24) is 15.1 Å². The summed E-state index contributed by atoms with van der Waals surface area (Å²) in [5.41, 5.74) is 1.83. The molecule has 17 heavy (non-hydrogen) atoms. The summed E-state index contributed by atoms with van der Waals surface area (Å²) in [4.78, 5) is 10.8. The second-order valence-corrected chi connectivity index (χ2v) is 5.06. The van der Waals surface area contributed by atoms with Crippen LogP contribution in [-0.2, 0) is 23.1 Å². The molecular formula is C10H15BrClN3O2. The molecule has 0 bridgehead atoms. The molecule has 1 aromatic heterocycles. The molecule has 1 rings (SSSR count). The molecule has 0 amide bonds. The molecule has 0 aromatic carbocycles. The van der Waals surface area contributed by atoms with Crippen molar-refractivity contribution in [3.05, 3.63) is 16.4 Å². The third-order valence-corrected chi connectivity index (χ3v) is 3.52. The van der Waals surface area contributed by atoms with Crippen LogP contribution in [0.4, 0.5) is 0 Å². The zero-order valence-corrected chi connectivity index (χ0v) is 12.3. The summed E-state index contributed by atoms with van der Waals surface area (Å²) >= 11 is 9.30. The normalized spacial score (nSPS) is 12.5. The first-order valence-corrected chi connectivity index (χ1v) is 6.37. The smallest absolute Gasteiger partial charge is 0.320 e. The Hall–Kier alpha value is -0.590. The third-order valence-electron chi connectivity index (χ3n) is 2.35. The lowest BCUT2D eigenvalue weighted by molar-refractivity contribution is -0.139. The van der Waals surface area contributed by atoms with Gasteiger partial charge in [0.05, 0.1) is 12.8 Å². The molecule has 0 aliphatic rings. The number of hydrogen-bond donors (Lipinski definition) is 1. The van der Waals surface area contributed by atoms with E-state index in [0.29, 0.717) is 18.2 Å². The molecule has 1 heterocycles. The molecule has 0 saturated carbocycles. The molecule has 1 unspecified atom stereocenters. The predicted octanol–water partition coefficient (Wildman–Crippen LogP) is 1.41. The van der Waals surface area contributed by atoms with Gasteiger partial charge >= 0.3 is 5.97 Å². The monoisotopic (exact) mass is 323 g/mol. The average molecular weight is 325 g/mol. The summed E-state index contributed by atoms with van der Waals surface area (Å²) in [5, 5.41) is 7.94. The Morgan fingerprint density at radius 1 is 1.71 bits per heavy atom. The second-order valence-electron chi connectivity index (χ2n) is 3.60. The van der Waals surface area contributed by atoms with E-state index in [2.05, 4.69) is 31.1 Å². The van der Waals surface area contributed by atoms with Crippen molar-refractivity contribution >= 4 is 33.5 Å². The van der Waals surface area contributed by atoms with E-state index in [9.17, 15) is 4.79 Å². The standard InChI is InChI=1S/C10H15BrClN3O2/c1-6-7(9(12)15(2)14-6)4-13-5-8(11)10(16)17-3/h8,13H,4-5H2,1-3H3. The Balaban J connectivity index is 2.49. The Bertz CT molecular complexity index is 409. The van der Waals surface area contributed by atoms with Gasteiger partial charge in [0.1, 0.15) is 9.98 Å². The first kappa shape index (κ1) is 14.5. The van der Waals surface area contributed by atoms with Gasteiger partial charge in [0.25, 0.3) is 0 Å². The Kier molecular flexibility index (Phi) is 5.42. The molecule has 7 heteroatoms. The lowest BCUT2D eigenvalue weighted by Crippen LogP contribution is -2.29. The minimum absolute atomic E-state index is 0.300. The largest absolute Gasteiger partial charge is 0.468 e. The minimum atomic E-state index is -0.358. The number of carbonyl (C=O) groups is 1. The van der Waals surface area contributed by atoms with Gasteiger partial charge in [-0.3, -0.25) is 9.48 Å². The molecule has 5 nitrogen and oxygen atoms in total. The number of nitrogens with one attached hydrogen (secondary N) is 1. The molecular weight excluding hydrogens is 309 g/mol. The highest BCUT2D eigenvalue weighted by molar-refractivity contribution is 9.10. The number of carbonyl (C=O) groups excluding carboxylic acids is 1. The number of methoxy groups -OCH3 is 1. The number of aryl methyl sites for hydroxylation is 2. The molecule has 0 saturated heterocycles. The van der Waals surface area contributed by atoms with Crippen molar-refractivity contribution in [1.29, 1.82) is 0 Å². The number of ether oxygens (including phenoxy) is 1. The molecule has 1 N–H and O–H groups in total. The summed E-state index contributed by atoms with van der Waals surface area (Å²) < 4.78 is 6.22. The van der Waals surface area contributed by atoms with E-state index < -0.39 is 0 Å². The van der Waals surface area contributed by atoms with Crippen molar-refractivity contribution in [3.63, 3.8) is 0 Å². The number of aromatic nitrogens is 2. The van der Waals surface area contributed by atoms with Crippen molar-refractivity contribution in [2.45, 2.75) is 18.3 Å². The summed E-state index contributed by atoms with van der Waals surface area (Å²) in [6, 6.07) is 0. The zero-order chi connectivity index (χ0) is 13.0. The van der Waals surface area contributed by atoms with Gasteiger partial charge in [0, 0.05) is 25.7 Å². The van der Waals surface area contributed by atoms with Crippen LogP contribution in [0.5, 0.6) is 0 Å². The minimum Gasteiger partial charge on any atom is -0.468 e. The maximum atomic E-state index is 11.1. The first-order chi connectivity index (χ1) is 7.97. The van der Waals surface area contributed by atoms with E-state index in [4.69, 9.17) is 11.6 Å². The van der Waals surface area contributed by atoms with Crippen LogP contribution in [0.2, 0.25) is 5.15 Å². The topological polar surface area (TPSA) is 56.1 Å². The van der Waals surface area contributed by atoms with Crippen LogP contribution in [0.25, 0.3) is 0 Å². The van der Waals surface area contributed by atoms with Crippen LogP contribution < -0.4 is 5.32 Å². The number of rotatable bonds is 5. The number of nitrogens with zero attached hydrogens (tertiary/aromatic N) is 2. The van der Waals surface area contributed by atoms with Gasteiger partial charge in [-0.15, -0.1) is 0 Å². The summed E-state index contributed by atoms with van der Waals surface area (Å²) in [6.07, 6.45) is 0. The fourth-order valence-corrected chi connectivity index (χ4v) is 2.07. The fraction of sp³-hybridized carbons (Fsp3) is 0.600. The molecule has 0 radical (unpaired) electrons. The quantitative estimate of drug-likeness (QED) is 0.657. The van der Waals surface area contributed by atoms with Gasteiger partial charge in [0.2, 0.25) is 0 Å². The van der Waals surface area contributed by atoms with Crippen molar-refractivity contribution in [2.24, 2.45) is 7.05 Å². The molecule has 0 aliphatic heterocycles. The highest BCUT2D eigenvalue weighted by atomic mass is 79.9. The van der Waals surface area contributed by atoms with Crippen LogP contribution in [0, 0.1) is 6.92 Å². The maximum Gasteiger partial charge on any atom is 0.320 e. The van der Waals surface area contributed by atoms with Crippen LogP contribution in [0.3, 0.4) is 0 Å². The second kappa shape index (κ2) is 6.37. The van der Waals surface area contributed by atoms with E-state index in [1.165, 1.54) is 7.11 Å². The van der Waals surface area contributed by atoms with Crippen LogP contribution >= 0.6 is 27.5 Å². The van der Waals surface area contributed by atoms with Gasteiger partial charge in [-0.05, 0) is 6.92 Å². The van der Waals surface area contributed by atoms with Crippen LogP contribution in [0.15, 0.2) is 0 Å². The van der Waals surface area contributed by atoms with Crippen molar-refractivity contribution < 1.29 is 9.53 Å². The van der Waals surface area contributed by atoms with Crippen molar-refractivity contribution in [2.75, 3.05) is 13.7 Å². The third kappa shape index (κ3) is 3.69. The maximum absolute atomic E-state index is 11.1. The molecule has 1 atom stereocenters. The lowest BCUT2D eigenvalue weighted by atomic mass is 10.2. The van der Waals surface area contributed by atoms with Gasteiger partial charge in [-0.1, -0.05) is 27.5 Å². The Morgan fingerprint density at radius 2 is 2.35 bits per heavy atom. The number of halogens is 2. The van der Waals surface area contributed by atoms with Gasteiger partial charge in [0.15, 0.2) is 0 Å². The lowest BCUT2D eigenvalue weighted by Gasteiger charge is -2.08. The predicted molar refractivity (Wildman–Crippen MR) is 69.4 cm³/mol. The SMILES string of the molecule is COC(=O)C(Br)CNCc1c(C)nn(C)c1Cl. The highest BCUT2D eigenvalue weighted by Crippen LogP contribution is 2.18. The zero-order valence-electron chi connectivity index (χ0n) is 9.96. The van der Waals surface area contributed by atoms with Crippen LogP contribution in [-0.4, -0.2) is 34.2 Å². The molecule has 96 valence electrons. The molecule has 0 aliphatic carbocycles. The summed E-state index contributed by atoms with van der Waals surface area (Å²) in [5.74, 6) is -0.300. The summed E-state index contributed by atoms with van der Waals surface area (Å²) in [6.45, 7) is 2.93. The summed E-state index contributed by atoms with van der Waals surface area (Å²) in [7, 11) is 3.15. The van der Waals surface area contributed by atoms with E-state index in [-0.39, 0.29) is 10.8 Å². The molecule has 0 spiro atoms. The number of alkyl halides is 1.